The molecule has 4 rings (SSSR count). The first-order valence-corrected chi connectivity index (χ1v) is 11.0. The van der Waals surface area contributed by atoms with Gasteiger partial charge in [-0.25, -0.2) is 0 Å². The van der Waals surface area contributed by atoms with Crippen LogP contribution < -0.4 is 0 Å². The molecule has 3 aromatic carbocycles. The molecule has 0 aliphatic carbocycles. The summed E-state index contributed by atoms with van der Waals surface area (Å²) in [7, 11) is 0. The predicted octanol–water partition coefficient (Wildman–Crippen LogP) is 4.48. The molecule has 1 fully saturated rings. The molecule has 3 aromatic rings. The van der Waals surface area contributed by atoms with Crippen molar-refractivity contribution in [1.82, 2.24) is 0 Å². The van der Waals surface area contributed by atoms with Gasteiger partial charge >= 0.3 is 0 Å². The lowest BCUT2D eigenvalue weighted by Crippen LogP contribution is -2.51. The summed E-state index contributed by atoms with van der Waals surface area (Å²) < 4.78 is 24.0. The van der Waals surface area contributed by atoms with Crippen LogP contribution in [-0.4, -0.2) is 36.3 Å². The predicted molar refractivity (Wildman–Crippen MR) is 122 cm³/mol. The first kappa shape index (κ1) is 22.6. The number of hydrogen-bond donors (Lipinski definition) is 1. The molecule has 1 N–H and O–H groups in total. The first-order valence-electron chi connectivity index (χ1n) is 11.0. The maximum absolute atomic E-state index is 10.7. The Hall–Kier alpha value is -2.54. The van der Waals surface area contributed by atoms with Crippen molar-refractivity contribution in [3.05, 3.63) is 108 Å². The van der Waals surface area contributed by atoms with Crippen molar-refractivity contribution in [1.29, 1.82) is 0 Å². The van der Waals surface area contributed by atoms with Gasteiger partial charge in [0.05, 0.1) is 38.6 Å². The molecule has 1 aliphatic rings. The molecular weight excluding hydrogens is 404 g/mol. The minimum atomic E-state index is -1.08. The van der Waals surface area contributed by atoms with Crippen molar-refractivity contribution >= 4 is 0 Å². The van der Waals surface area contributed by atoms with Crippen LogP contribution in [0.2, 0.25) is 0 Å². The third kappa shape index (κ3) is 6.73. The monoisotopic (exact) mass is 434 g/mol. The van der Waals surface area contributed by atoms with Gasteiger partial charge in [0.1, 0.15) is 6.10 Å². The number of benzene rings is 3. The topological polar surface area (TPSA) is 57.2 Å². The van der Waals surface area contributed by atoms with E-state index in [2.05, 4.69) is 0 Å². The Bertz CT molecular complexity index is 903. The smallest absolute Gasteiger partial charge is 0.184 e. The summed E-state index contributed by atoms with van der Waals surface area (Å²) in [6.07, 6.45) is -1.67. The van der Waals surface area contributed by atoms with Gasteiger partial charge in [-0.3, -0.25) is 0 Å². The highest BCUT2D eigenvalue weighted by atomic mass is 16.7. The zero-order chi connectivity index (χ0) is 22.0. The number of ether oxygens (including phenoxy) is 4. The van der Waals surface area contributed by atoms with Gasteiger partial charge in [0.2, 0.25) is 0 Å². The zero-order valence-corrected chi connectivity index (χ0v) is 18.1. The van der Waals surface area contributed by atoms with Crippen LogP contribution >= 0.6 is 0 Å². The molecule has 1 aliphatic heterocycles. The molecule has 0 amide bonds. The van der Waals surface area contributed by atoms with Gasteiger partial charge in [0.25, 0.3) is 0 Å². The van der Waals surface area contributed by atoms with E-state index in [0.717, 1.165) is 16.7 Å². The van der Waals surface area contributed by atoms with E-state index in [4.69, 9.17) is 18.9 Å². The fraction of sp³-hybridized carbons (Fsp3) is 0.333. The van der Waals surface area contributed by atoms with E-state index in [1.165, 1.54) is 0 Å². The maximum Gasteiger partial charge on any atom is 0.184 e. The highest BCUT2D eigenvalue weighted by Crippen LogP contribution is 2.26. The Morgan fingerprint density at radius 2 is 1.19 bits per heavy atom. The van der Waals surface area contributed by atoms with Crippen LogP contribution in [0.1, 0.15) is 23.1 Å². The quantitative estimate of drug-likeness (QED) is 0.510. The number of hydrogen-bond acceptors (Lipinski definition) is 5. The van der Waals surface area contributed by atoms with E-state index in [1.807, 2.05) is 91.0 Å². The fourth-order valence-electron chi connectivity index (χ4n) is 3.79. The lowest BCUT2D eigenvalue weighted by Gasteiger charge is -2.39. The van der Waals surface area contributed by atoms with Crippen LogP contribution in [0.3, 0.4) is 0 Å². The maximum atomic E-state index is 10.7. The minimum Gasteiger partial charge on any atom is -0.374 e. The van der Waals surface area contributed by atoms with E-state index in [9.17, 15) is 5.11 Å². The standard InChI is InChI=1S/C27H30O5/c28-27-26(31-19-23-14-8-3-9-15-23)25(30-18-22-12-6-2-7-13-22)16-24(32-27)20-29-17-21-10-4-1-5-11-21/h1-15,24-28H,16-20H2/t24?,25?,26?,27-/m0/s1. The third-order valence-corrected chi connectivity index (χ3v) is 5.48. The van der Waals surface area contributed by atoms with Gasteiger partial charge in [-0.05, 0) is 16.7 Å². The Labute approximate surface area is 189 Å². The van der Waals surface area contributed by atoms with Crippen LogP contribution in [0.25, 0.3) is 0 Å². The molecule has 4 atom stereocenters. The van der Waals surface area contributed by atoms with E-state index in [0.29, 0.717) is 32.8 Å². The molecular formula is C27H30O5. The molecule has 1 heterocycles. The van der Waals surface area contributed by atoms with Gasteiger partial charge in [-0.15, -0.1) is 0 Å². The molecule has 3 unspecified atom stereocenters. The van der Waals surface area contributed by atoms with Gasteiger partial charge in [-0.1, -0.05) is 91.0 Å². The van der Waals surface area contributed by atoms with Crippen LogP contribution in [0, 0.1) is 0 Å². The summed E-state index contributed by atoms with van der Waals surface area (Å²) in [5.74, 6) is 0. The highest BCUT2D eigenvalue weighted by Gasteiger charge is 2.39. The molecule has 0 aromatic heterocycles. The van der Waals surface area contributed by atoms with Crippen molar-refractivity contribution in [3.8, 4) is 0 Å². The second kappa shape index (κ2) is 11.9. The molecule has 32 heavy (non-hydrogen) atoms. The van der Waals surface area contributed by atoms with Crippen LogP contribution in [0.15, 0.2) is 91.0 Å². The van der Waals surface area contributed by atoms with E-state index < -0.39 is 12.4 Å². The van der Waals surface area contributed by atoms with Crippen molar-refractivity contribution in [2.45, 2.75) is 50.8 Å². The average molecular weight is 435 g/mol. The lowest BCUT2D eigenvalue weighted by atomic mass is 10.0. The number of aliphatic hydroxyl groups excluding tert-OH is 1. The largest absolute Gasteiger partial charge is 0.374 e. The van der Waals surface area contributed by atoms with Crippen molar-refractivity contribution in [2.75, 3.05) is 6.61 Å². The normalized spacial score (nSPS) is 23.2. The summed E-state index contributed by atoms with van der Waals surface area (Å²) in [5.41, 5.74) is 3.21. The Morgan fingerprint density at radius 1 is 0.688 bits per heavy atom. The van der Waals surface area contributed by atoms with Crippen molar-refractivity contribution < 1.29 is 24.1 Å². The fourth-order valence-corrected chi connectivity index (χ4v) is 3.79. The molecule has 168 valence electrons. The summed E-state index contributed by atoms with van der Waals surface area (Å²) >= 11 is 0. The van der Waals surface area contributed by atoms with E-state index >= 15 is 0 Å². The highest BCUT2D eigenvalue weighted by molar-refractivity contribution is 5.15. The average Bonchev–Trinajstić information content (AvgIpc) is 2.84. The second-order valence-electron chi connectivity index (χ2n) is 7.98. The van der Waals surface area contributed by atoms with E-state index in [1.54, 1.807) is 0 Å². The van der Waals surface area contributed by atoms with Crippen molar-refractivity contribution in [3.63, 3.8) is 0 Å². The van der Waals surface area contributed by atoms with Crippen molar-refractivity contribution in [2.24, 2.45) is 0 Å². The van der Waals surface area contributed by atoms with Gasteiger partial charge < -0.3 is 24.1 Å². The molecule has 0 saturated carbocycles. The van der Waals surface area contributed by atoms with Gasteiger partial charge in [-0.2, -0.15) is 0 Å². The molecule has 5 nitrogen and oxygen atoms in total. The minimum absolute atomic E-state index is 0.272. The summed E-state index contributed by atoms with van der Waals surface area (Å²) in [6.45, 7) is 1.70. The summed E-state index contributed by atoms with van der Waals surface area (Å²) in [6, 6.07) is 29.9. The van der Waals surface area contributed by atoms with Crippen LogP contribution in [0.4, 0.5) is 0 Å². The van der Waals surface area contributed by atoms with Gasteiger partial charge in [0, 0.05) is 6.42 Å². The van der Waals surface area contributed by atoms with Gasteiger partial charge in [0.15, 0.2) is 6.29 Å². The Morgan fingerprint density at radius 3 is 1.75 bits per heavy atom. The van der Waals surface area contributed by atoms with Crippen LogP contribution in [0.5, 0.6) is 0 Å². The molecule has 5 heteroatoms. The van der Waals surface area contributed by atoms with E-state index in [-0.39, 0.29) is 12.2 Å². The Kier molecular flexibility index (Phi) is 8.42. The molecule has 0 radical (unpaired) electrons. The molecule has 0 bridgehead atoms. The number of rotatable bonds is 10. The third-order valence-electron chi connectivity index (χ3n) is 5.48. The Balaban J connectivity index is 1.36. The second-order valence-corrected chi connectivity index (χ2v) is 7.98. The molecule has 0 spiro atoms. The number of aliphatic hydroxyl groups is 1. The lowest BCUT2D eigenvalue weighted by molar-refractivity contribution is -0.277. The summed E-state index contributed by atoms with van der Waals surface area (Å²) in [5, 5.41) is 10.7. The molecule has 1 saturated heterocycles. The van der Waals surface area contributed by atoms with Crippen LogP contribution in [-0.2, 0) is 38.8 Å². The summed E-state index contributed by atoms with van der Waals surface area (Å²) in [4.78, 5) is 0. The first-order chi connectivity index (χ1) is 15.8. The SMILES string of the molecule is O[C@H]1OC(COCc2ccccc2)CC(OCc2ccccc2)C1OCc1ccccc1. The zero-order valence-electron chi connectivity index (χ0n) is 18.1.